The van der Waals surface area contributed by atoms with Crippen LogP contribution >= 0.6 is 0 Å². The molecule has 6 rings (SSSR count). The van der Waals surface area contributed by atoms with Gasteiger partial charge in [0, 0.05) is 23.3 Å². The summed E-state index contributed by atoms with van der Waals surface area (Å²) in [7, 11) is 2.13. The van der Waals surface area contributed by atoms with Crippen molar-refractivity contribution in [1.29, 1.82) is 0 Å². The number of ether oxygens (including phenoxy) is 1. The van der Waals surface area contributed by atoms with Crippen LogP contribution in [0.5, 0.6) is 0 Å². The second-order valence-electron chi connectivity index (χ2n) is 8.11. The predicted molar refractivity (Wildman–Crippen MR) is 131 cm³/mol. The van der Waals surface area contributed by atoms with E-state index in [0.29, 0.717) is 0 Å². The Hall–Kier alpha value is -4.17. The molecule has 0 radical (unpaired) electrons. The van der Waals surface area contributed by atoms with Gasteiger partial charge in [-0.2, -0.15) is 4.58 Å². The van der Waals surface area contributed by atoms with Crippen molar-refractivity contribution in [2.24, 2.45) is 0 Å². The minimum absolute atomic E-state index is 0.861. The summed E-state index contributed by atoms with van der Waals surface area (Å²) in [6.45, 7) is 0. The second-order valence-corrected chi connectivity index (χ2v) is 8.11. The van der Waals surface area contributed by atoms with E-state index in [1.165, 1.54) is 27.4 Å². The van der Waals surface area contributed by atoms with E-state index in [0.717, 1.165) is 28.2 Å². The zero-order valence-electron chi connectivity index (χ0n) is 17.8. The smallest absolute Gasteiger partial charge is 0.213 e. The largest absolute Gasteiger partial charge is 0.456 e. The van der Waals surface area contributed by atoms with Crippen LogP contribution in [0.4, 0.5) is 5.69 Å². The Bertz CT molecular complexity index is 1470. The molecule has 2 nitrogen and oxygen atoms in total. The molecule has 2 aliphatic rings. The molecule has 0 atom stereocenters. The molecule has 0 aromatic heterocycles. The van der Waals surface area contributed by atoms with Crippen molar-refractivity contribution < 1.29 is 4.74 Å². The first-order valence-corrected chi connectivity index (χ1v) is 10.8. The van der Waals surface area contributed by atoms with E-state index in [1.807, 2.05) is 36.4 Å². The molecule has 0 amide bonds. The highest BCUT2D eigenvalue weighted by Crippen LogP contribution is 2.33. The van der Waals surface area contributed by atoms with Gasteiger partial charge in [0.2, 0.25) is 11.0 Å². The molecule has 4 aromatic carbocycles. The fourth-order valence-electron chi connectivity index (χ4n) is 4.51. The van der Waals surface area contributed by atoms with E-state index in [2.05, 4.69) is 90.5 Å². The van der Waals surface area contributed by atoms with Crippen molar-refractivity contribution in [3.63, 3.8) is 0 Å². The van der Waals surface area contributed by atoms with Crippen molar-refractivity contribution in [3.05, 3.63) is 137 Å². The first-order chi connectivity index (χ1) is 15.8. The fourth-order valence-corrected chi connectivity index (χ4v) is 4.51. The van der Waals surface area contributed by atoms with E-state index in [-0.39, 0.29) is 0 Å². The number of nitrogens with zero attached hydrogens (tertiary/aromatic N) is 1. The first-order valence-electron chi connectivity index (χ1n) is 10.8. The van der Waals surface area contributed by atoms with Crippen molar-refractivity contribution in [3.8, 4) is 11.1 Å². The van der Waals surface area contributed by atoms with Gasteiger partial charge < -0.3 is 4.74 Å². The molecule has 0 N–H and O–H groups in total. The number of rotatable bonds is 2. The van der Waals surface area contributed by atoms with Crippen molar-refractivity contribution in [2.45, 2.75) is 0 Å². The average molecular weight is 413 g/mol. The van der Waals surface area contributed by atoms with Crippen molar-refractivity contribution in [1.82, 2.24) is 4.58 Å². The number of allylic oxidation sites excluding steroid dienone is 2. The van der Waals surface area contributed by atoms with Crippen LogP contribution in [-0.2, 0) is 4.74 Å². The molecule has 0 aliphatic carbocycles. The third-order valence-corrected chi connectivity index (χ3v) is 6.16. The van der Waals surface area contributed by atoms with Gasteiger partial charge in [-0.05, 0) is 41.1 Å². The lowest BCUT2D eigenvalue weighted by molar-refractivity contribution is 0.468. The third kappa shape index (κ3) is 3.09. The lowest BCUT2D eigenvalue weighted by Crippen LogP contribution is -2.20. The van der Waals surface area contributed by atoms with E-state index in [9.17, 15) is 0 Å². The molecular formula is C30H22NO+. The third-order valence-electron chi connectivity index (χ3n) is 6.16. The predicted octanol–water partition coefficient (Wildman–Crippen LogP) is 5.38. The van der Waals surface area contributed by atoms with Crippen molar-refractivity contribution in [2.75, 3.05) is 7.05 Å². The van der Waals surface area contributed by atoms with Gasteiger partial charge in [0.25, 0.3) is 0 Å². The SMILES string of the molecule is C[N+]1=c2ccc(=C3C=C(c4ccccc4)OC(c4ccccc4)=C3)cc2-c2ccccc21. The highest BCUT2D eigenvalue weighted by atomic mass is 16.5. The molecule has 0 unspecified atom stereocenters. The Balaban J connectivity index is 1.59. The van der Waals surface area contributed by atoms with Crippen molar-refractivity contribution >= 4 is 22.8 Å². The number of hydrogen-bond donors (Lipinski definition) is 0. The van der Waals surface area contributed by atoms with Gasteiger partial charge in [-0.1, -0.05) is 72.8 Å². The molecule has 4 aromatic rings. The highest BCUT2D eigenvalue weighted by molar-refractivity contribution is 5.89. The Morgan fingerprint density at radius 1 is 0.594 bits per heavy atom. The summed E-state index contributed by atoms with van der Waals surface area (Å²) in [5, 5.41) is 2.42. The van der Waals surface area contributed by atoms with Gasteiger partial charge in [0.1, 0.15) is 18.6 Å². The molecular weight excluding hydrogens is 390 g/mol. The minimum Gasteiger partial charge on any atom is -0.456 e. The summed E-state index contributed by atoms with van der Waals surface area (Å²) >= 11 is 0. The summed E-state index contributed by atoms with van der Waals surface area (Å²) < 4.78 is 8.63. The highest BCUT2D eigenvalue weighted by Gasteiger charge is 2.24. The maximum atomic E-state index is 6.37. The lowest BCUT2D eigenvalue weighted by Gasteiger charge is -2.19. The van der Waals surface area contributed by atoms with E-state index in [4.69, 9.17) is 4.74 Å². The van der Waals surface area contributed by atoms with Crippen LogP contribution in [0.2, 0.25) is 0 Å². The summed E-state index contributed by atoms with van der Waals surface area (Å²) in [6.07, 6.45) is 4.29. The number of benzene rings is 4. The summed E-state index contributed by atoms with van der Waals surface area (Å²) in [4.78, 5) is 0. The molecule has 0 bridgehead atoms. The topological polar surface area (TPSA) is 12.2 Å². The van der Waals surface area contributed by atoms with Gasteiger partial charge in [0.05, 0.1) is 11.1 Å². The molecule has 0 fully saturated rings. The van der Waals surface area contributed by atoms with Crippen LogP contribution in [0.1, 0.15) is 11.1 Å². The number of fused-ring (bicyclic) bond motifs is 3. The van der Waals surface area contributed by atoms with Crippen LogP contribution in [0.15, 0.2) is 115 Å². The van der Waals surface area contributed by atoms with Gasteiger partial charge >= 0.3 is 0 Å². The maximum Gasteiger partial charge on any atom is 0.213 e. The number of para-hydroxylation sites is 1. The zero-order chi connectivity index (χ0) is 21.5. The molecule has 0 saturated heterocycles. The Kier molecular flexibility index (Phi) is 4.36. The molecule has 152 valence electrons. The monoisotopic (exact) mass is 412 g/mol. The number of hydrogen-bond acceptors (Lipinski definition) is 1. The van der Waals surface area contributed by atoms with Crippen LogP contribution in [0.3, 0.4) is 0 Å². The Labute approximate surface area is 187 Å². The van der Waals surface area contributed by atoms with E-state index in [1.54, 1.807) is 0 Å². The summed E-state index contributed by atoms with van der Waals surface area (Å²) in [6, 6.07) is 35.9. The van der Waals surface area contributed by atoms with Crippen LogP contribution in [0, 0.1) is 0 Å². The summed E-state index contributed by atoms with van der Waals surface area (Å²) in [5.41, 5.74) is 7.07. The molecule has 2 heterocycles. The van der Waals surface area contributed by atoms with Gasteiger partial charge in [-0.3, -0.25) is 0 Å². The maximum absolute atomic E-state index is 6.37. The van der Waals surface area contributed by atoms with Crippen LogP contribution in [-0.4, -0.2) is 7.05 Å². The van der Waals surface area contributed by atoms with Gasteiger partial charge in [-0.15, -0.1) is 0 Å². The molecule has 0 saturated carbocycles. The van der Waals surface area contributed by atoms with Crippen LogP contribution in [0.25, 0.3) is 28.2 Å². The van der Waals surface area contributed by atoms with E-state index < -0.39 is 0 Å². The summed E-state index contributed by atoms with van der Waals surface area (Å²) in [5.74, 6) is 1.72. The standard InChI is InChI=1S/C30H22NO/c1-31-27-15-9-8-14-25(27)26-18-23(16-17-28(26)31)24-19-29(21-10-4-2-5-11-21)32-30(20-24)22-12-6-3-7-13-22/h2-20H,1H3/q+1. The molecule has 2 heteroatoms. The molecule has 32 heavy (non-hydrogen) atoms. The van der Waals surface area contributed by atoms with Crippen LogP contribution < -0.4 is 15.2 Å². The lowest BCUT2D eigenvalue weighted by atomic mass is 10.00. The molecule has 2 aliphatic heterocycles. The van der Waals surface area contributed by atoms with E-state index >= 15 is 0 Å². The Morgan fingerprint density at radius 3 is 1.84 bits per heavy atom. The molecule has 0 spiro atoms. The fraction of sp³-hybridized carbons (Fsp3) is 0.0333. The Morgan fingerprint density at radius 2 is 1.19 bits per heavy atom. The zero-order valence-corrected chi connectivity index (χ0v) is 17.8. The van der Waals surface area contributed by atoms with Gasteiger partial charge in [-0.25, -0.2) is 0 Å². The average Bonchev–Trinajstić information content (AvgIpc) is 3.16. The second kappa shape index (κ2) is 7.51. The quantitative estimate of drug-likeness (QED) is 0.403. The normalized spacial score (nSPS) is 14.3. The van der Waals surface area contributed by atoms with Gasteiger partial charge in [0.15, 0.2) is 0 Å². The first kappa shape index (κ1) is 18.6. The minimum atomic E-state index is 0.861.